The summed E-state index contributed by atoms with van der Waals surface area (Å²) in [7, 11) is -7.19. The van der Waals surface area contributed by atoms with Crippen molar-refractivity contribution >= 4 is 54.3 Å². The predicted molar refractivity (Wildman–Crippen MR) is 142 cm³/mol. The van der Waals surface area contributed by atoms with Crippen LogP contribution in [0, 0.1) is 0 Å². The molecule has 1 aromatic heterocycles. The molecule has 0 amide bonds. The summed E-state index contributed by atoms with van der Waals surface area (Å²) in [5, 5.41) is 5.87. The van der Waals surface area contributed by atoms with Crippen molar-refractivity contribution in [3.05, 3.63) is 24.3 Å². The number of sulfonamides is 1. The molecule has 0 bridgehead atoms. The molecule has 18 heteroatoms. The predicted octanol–water partition coefficient (Wildman–Crippen LogP) is 1.33. The van der Waals surface area contributed by atoms with Gasteiger partial charge in [0.1, 0.15) is 0 Å². The zero-order chi connectivity index (χ0) is 29.2. The summed E-state index contributed by atoms with van der Waals surface area (Å²) in [6.45, 7) is 8.68. The topological polar surface area (TPSA) is 218 Å². The molecule has 0 saturated heterocycles. The number of aromatic nitrogens is 3. The fraction of sp³-hybridized carbons (Fsp3) is 0.526. The van der Waals surface area contributed by atoms with Gasteiger partial charge in [0.2, 0.25) is 27.9 Å². The van der Waals surface area contributed by atoms with Crippen molar-refractivity contribution < 1.29 is 34.0 Å². The van der Waals surface area contributed by atoms with Gasteiger partial charge in [-0.15, -0.1) is 12.6 Å². The van der Waals surface area contributed by atoms with Crippen LogP contribution < -0.4 is 20.3 Å². The second kappa shape index (κ2) is 18.3. The minimum atomic E-state index is -4.34. The van der Waals surface area contributed by atoms with Crippen molar-refractivity contribution in [2.45, 2.75) is 39.0 Å². The van der Waals surface area contributed by atoms with Crippen LogP contribution in [-0.4, -0.2) is 82.4 Å². The molecule has 4 N–H and O–H groups in total. The van der Waals surface area contributed by atoms with Gasteiger partial charge >= 0.3 is 10.6 Å². The quantitative estimate of drug-likeness (QED) is 0.228. The third-order valence-electron chi connectivity index (χ3n) is 3.41. The minimum Gasteiger partial charge on any atom is -0.354 e. The molecule has 212 valence electrons. The molecule has 0 aliphatic rings. The fourth-order valence-corrected chi connectivity index (χ4v) is 3.15. The monoisotopic (exact) mass is 585 g/mol. The van der Waals surface area contributed by atoms with E-state index in [2.05, 4.69) is 30.3 Å². The van der Waals surface area contributed by atoms with Gasteiger partial charge in [-0.05, 0) is 24.6 Å². The number of nitrogens with one attached hydrogen (secondary N) is 3. The van der Waals surface area contributed by atoms with Crippen LogP contribution in [0.1, 0.15) is 34.1 Å². The summed E-state index contributed by atoms with van der Waals surface area (Å²) < 4.78 is 81.6. The summed E-state index contributed by atoms with van der Waals surface area (Å²) >= 11 is 0. The molecule has 0 atom stereocenters. The Hall–Kier alpha value is -2.93. The normalized spacial score (nSPS) is 10.3. The molecule has 0 fully saturated rings. The van der Waals surface area contributed by atoms with Gasteiger partial charge in [-0.3, -0.25) is 4.55 Å². The maximum absolute atomic E-state index is 11.3. The van der Waals surface area contributed by atoms with E-state index >= 15 is 0 Å². The van der Waals surface area contributed by atoms with Crippen LogP contribution in [0.4, 0.5) is 23.5 Å². The summed E-state index contributed by atoms with van der Waals surface area (Å²) in [4.78, 5) is 14.1. The molecule has 0 aliphatic heterocycles. The van der Waals surface area contributed by atoms with Crippen molar-refractivity contribution in [2.75, 3.05) is 49.0 Å². The maximum Gasteiger partial charge on any atom is 0.425 e. The number of hydrogen-bond donors (Lipinski definition) is 4. The second-order valence-electron chi connectivity index (χ2n) is 6.46. The van der Waals surface area contributed by atoms with Gasteiger partial charge in [0, 0.05) is 32.9 Å². The van der Waals surface area contributed by atoms with Crippen LogP contribution in [0.25, 0.3) is 0 Å². The van der Waals surface area contributed by atoms with E-state index in [0.29, 0.717) is 24.6 Å². The van der Waals surface area contributed by atoms with E-state index < -0.39 is 30.8 Å². The van der Waals surface area contributed by atoms with Crippen LogP contribution in [-0.2, 0) is 30.8 Å². The highest BCUT2D eigenvalue weighted by Gasteiger charge is 2.12. The summed E-state index contributed by atoms with van der Waals surface area (Å²) in [6, 6.07) is 5.57. The summed E-state index contributed by atoms with van der Waals surface area (Å²) in [5.41, 5.74) is 0.360. The van der Waals surface area contributed by atoms with Gasteiger partial charge in [-0.25, -0.2) is 13.1 Å². The standard InChI is InChI=1S/C15H23N7O5S2.2C2H6.O3S/c1-22(2)15-20-13(16-8-5-9-17-28(3,23)24)19-14(21-15)18-11-6-4-7-12(10-11)29(25,26)27;2*1-2;1-4(2)3/h4,6-7,10,17H,5,8-9H2,1-3H3,(H,25,26,27)(H2,16,18,19,20,21);2*1-2H3;. The molecule has 2 rings (SSSR count). The zero-order valence-corrected chi connectivity index (χ0v) is 24.2. The third kappa shape index (κ3) is 18.0. The smallest absolute Gasteiger partial charge is 0.354 e. The fourth-order valence-electron chi connectivity index (χ4n) is 2.11. The van der Waals surface area contributed by atoms with E-state index in [-0.39, 0.29) is 23.3 Å². The highest BCUT2D eigenvalue weighted by Crippen LogP contribution is 2.20. The van der Waals surface area contributed by atoms with Crippen LogP contribution in [0.15, 0.2) is 29.2 Å². The SMILES string of the molecule is CC.CC.CN(C)c1nc(NCCCNS(C)(=O)=O)nc(Nc2cccc(S(=O)(=O)O)c2)n1.O=S(=O)=O. The highest BCUT2D eigenvalue weighted by molar-refractivity contribution is 7.88. The molecule has 0 unspecified atom stereocenters. The molecule has 0 spiro atoms. The molecule has 1 aromatic carbocycles. The van der Waals surface area contributed by atoms with Crippen molar-refractivity contribution in [2.24, 2.45) is 0 Å². The minimum absolute atomic E-state index is 0.160. The third-order valence-corrected chi connectivity index (χ3v) is 4.99. The molecule has 2 aromatic rings. The van der Waals surface area contributed by atoms with Crippen molar-refractivity contribution in [1.29, 1.82) is 0 Å². The summed E-state index contributed by atoms with van der Waals surface area (Å²) in [5.74, 6) is 0.773. The van der Waals surface area contributed by atoms with Crippen LogP contribution in [0.3, 0.4) is 0 Å². The van der Waals surface area contributed by atoms with Crippen molar-refractivity contribution in [3.8, 4) is 0 Å². The van der Waals surface area contributed by atoms with E-state index in [1.54, 1.807) is 25.1 Å². The average Bonchev–Trinajstić information content (AvgIpc) is 2.80. The first-order valence-electron chi connectivity index (χ1n) is 10.9. The molecule has 0 radical (unpaired) electrons. The first-order valence-corrected chi connectivity index (χ1v) is 15.2. The van der Waals surface area contributed by atoms with E-state index in [9.17, 15) is 21.4 Å². The van der Waals surface area contributed by atoms with Crippen LogP contribution in [0.2, 0.25) is 0 Å². The Labute approximate surface area is 220 Å². The first-order chi connectivity index (χ1) is 17.2. The molecular formula is C19H35N7O8S3. The Kier molecular flexibility index (Phi) is 18.0. The number of anilines is 4. The number of nitrogens with zero attached hydrogens (tertiary/aromatic N) is 4. The Morgan fingerprint density at radius 1 is 0.919 bits per heavy atom. The number of rotatable bonds is 10. The lowest BCUT2D eigenvalue weighted by Gasteiger charge is -2.14. The number of benzene rings is 1. The van der Waals surface area contributed by atoms with Crippen molar-refractivity contribution in [1.82, 2.24) is 19.7 Å². The van der Waals surface area contributed by atoms with E-state index in [1.807, 2.05) is 27.7 Å². The van der Waals surface area contributed by atoms with Gasteiger partial charge < -0.3 is 15.5 Å². The van der Waals surface area contributed by atoms with E-state index in [1.165, 1.54) is 18.2 Å². The summed E-state index contributed by atoms with van der Waals surface area (Å²) in [6.07, 6.45) is 1.60. The molecular weight excluding hydrogens is 550 g/mol. The van der Waals surface area contributed by atoms with Crippen LogP contribution >= 0.6 is 0 Å². The van der Waals surface area contributed by atoms with Gasteiger partial charge in [0.05, 0.1) is 11.2 Å². The zero-order valence-electron chi connectivity index (χ0n) is 21.7. The molecule has 37 heavy (non-hydrogen) atoms. The lowest BCUT2D eigenvalue weighted by Crippen LogP contribution is -2.24. The van der Waals surface area contributed by atoms with E-state index in [0.717, 1.165) is 6.26 Å². The van der Waals surface area contributed by atoms with Gasteiger partial charge in [-0.2, -0.15) is 23.4 Å². The largest absolute Gasteiger partial charge is 0.425 e. The first kappa shape index (κ1) is 36.2. The number of hydrogen-bond acceptors (Lipinski definition) is 13. The highest BCUT2D eigenvalue weighted by atomic mass is 32.2. The van der Waals surface area contributed by atoms with Crippen molar-refractivity contribution in [3.63, 3.8) is 0 Å². The maximum atomic E-state index is 11.3. The Morgan fingerprint density at radius 2 is 1.46 bits per heavy atom. The molecule has 0 saturated carbocycles. The average molecular weight is 586 g/mol. The van der Waals surface area contributed by atoms with Gasteiger partial charge in [0.25, 0.3) is 10.1 Å². The second-order valence-corrected chi connectivity index (χ2v) is 10.1. The molecule has 1 heterocycles. The van der Waals surface area contributed by atoms with Gasteiger partial charge in [0.15, 0.2) is 0 Å². The lowest BCUT2D eigenvalue weighted by atomic mass is 10.3. The van der Waals surface area contributed by atoms with E-state index in [4.69, 9.17) is 12.6 Å². The van der Waals surface area contributed by atoms with Crippen LogP contribution in [0.5, 0.6) is 0 Å². The Balaban J connectivity index is 0. The molecule has 15 nitrogen and oxygen atoms in total. The Bertz CT molecular complexity index is 1260. The molecule has 0 aliphatic carbocycles. The van der Waals surface area contributed by atoms with Gasteiger partial charge in [-0.1, -0.05) is 33.8 Å². The Morgan fingerprint density at radius 3 is 1.95 bits per heavy atom. The lowest BCUT2D eigenvalue weighted by molar-refractivity contribution is 0.483.